The van der Waals surface area contributed by atoms with Gasteiger partial charge < -0.3 is 4.42 Å². The van der Waals surface area contributed by atoms with Crippen molar-refractivity contribution in [3.63, 3.8) is 0 Å². The van der Waals surface area contributed by atoms with Crippen LogP contribution in [0.1, 0.15) is 18.2 Å². The van der Waals surface area contributed by atoms with E-state index in [0.717, 1.165) is 12.2 Å². The molecule has 1 heteroatoms. The molecule has 1 radical (unpaired) electrons. The molecular weight excluding hydrogens is 112 g/mol. The van der Waals surface area contributed by atoms with E-state index in [-0.39, 0.29) is 0 Å². The summed E-state index contributed by atoms with van der Waals surface area (Å²) in [6.07, 6.45) is 4.87. The van der Waals surface area contributed by atoms with E-state index in [1.54, 1.807) is 6.26 Å². The quantitative estimate of drug-likeness (QED) is 0.588. The van der Waals surface area contributed by atoms with Crippen LogP contribution in [0.4, 0.5) is 0 Å². The smallest absolute Gasteiger partial charge is 0.103 e. The fourth-order valence-corrected chi connectivity index (χ4v) is 0.843. The van der Waals surface area contributed by atoms with Crippen molar-refractivity contribution in [2.75, 3.05) is 0 Å². The molecule has 0 amide bonds. The number of aryl methyl sites for hydroxylation is 1. The van der Waals surface area contributed by atoms with Crippen LogP contribution in [-0.2, 0) is 6.42 Å². The van der Waals surface area contributed by atoms with Crippen molar-refractivity contribution in [1.29, 1.82) is 0 Å². The van der Waals surface area contributed by atoms with Crippen LogP contribution in [0.5, 0.6) is 0 Å². The van der Waals surface area contributed by atoms with Gasteiger partial charge >= 0.3 is 0 Å². The summed E-state index contributed by atoms with van der Waals surface area (Å²) >= 11 is 0. The third-order valence-electron chi connectivity index (χ3n) is 1.39. The SMILES string of the molecule is C[CH]Cc1ccoc1C. The standard InChI is InChI=1S/C8H11O/c1-3-4-8-5-6-9-7(8)2/h3,5-6H,4H2,1-2H3. The molecule has 0 saturated carbocycles. The zero-order valence-corrected chi connectivity index (χ0v) is 5.85. The molecule has 0 atom stereocenters. The molecule has 1 heterocycles. The molecule has 0 aliphatic heterocycles. The minimum absolute atomic E-state index is 1.02. The number of hydrogen-bond donors (Lipinski definition) is 0. The number of rotatable bonds is 2. The first-order chi connectivity index (χ1) is 4.34. The molecule has 0 spiro atoms. The molecule has 1 nitrogen and oxygen atoms in total. The van der Waals surface area contributed by atoms with Gasteiger partial charge in [0.05, 0.1) is 6.26 Å². The monoisotopic (exact) mass is 123 g/mol. The molecule has 0 fully saturated rings. The third-order valence-corrected chi connectivity index (χ3v) is 1.39. The molecule has 0 aromatic carbocycles. The van der Waals surface area contributed by atoms with Crippen LogP contribution in [0.2, 0.25) is 0 Å². The fourth-order valence-electron chi connectivity index (χ4n) is 0.843. The van der Waals surface area contributed by atoms with Crippen LogP contribution >= 0.6 is 0 Å². The van der Waals surface area contributed by atoms with Crippen LogP contribution in [0.25, 0.3) is 0 Å². The van der Waals surface area contributed by atoms with Gasteiger partial charge in [-0.1, -0.05) is 6.92 Å². The van der Waals surface area contributed by atoms with Crippen molar-refractivity contribution in [2.24, 2.45) is 0 Å². The number of furan rings is 1. The minimum atomic E-state index is 1.02. The van der Waals surface area contributed by atoms with Crippen molar-refractivity contribution in [1.82, 2.24) is 0 Å². The molecule has 1 rings (SSSR count). The second kappa shape index (κ2) is 2.72. The summed E-state index contributed by atoms with van der Waals surface area (Å²) in [5, 5.41) is 0. The second-order valence-electron chi connectivity index (χ2n) is 2.11. The van der Waals surface area contributed by atoms with E-state index >= 15 is 0 Å². The highest BCUT2D eigenvalue weighted by Gasteiger charge is 1.97. The molecule has 0 unspecified atom stereocenters. The van der Waals surface area contributed by atoms with Crippen molar-refractivity contribution >= 4 is 0 Å². The predicted octanol–water partition coefficient (Wildman–Crippen LogP) is 2.35. The zero-order valence-electron chi connectivity index (χ0n) is 5.85. The maximum atomic E-state index is 5.10. The maximum Gasteiger partial charge on any atom is 0.103 e. The average Bonchev–Trinajstić information content (AvgIpc) is 2.18. The van der Waals surface area contributed by atoms with Gasteiger partial charge in [-0.2, -0.15) is 0 Å². The predicted molar refractivity (Wildman–Crippen MR) is 37.1 cm³/mol. The van der Waals surface area contributed by atoms with E-state index in [1.807, 2.05) is 19.9 Å². The fraction of sp³-hybridized carbons (Fsp3) is 0.375. The van der Waals surface area contributed by atoms with Gasteiger partial charge in [0.2, 0.25) is 0 Å². The summed E-state index contributed by atoms with van der Waals surface area (Å²) in [6.45, 7) is 4.03. The lowest BCUT2D eigenvalue weighted by Gasteiger charge is -1.90. The van der Waals surface area contributed by atoms with E-state index in [1.165, 1.54) is 5.56 Å². The van der Waals surface area contributed by atoms with E-state index in [0.29, 0.717) is 0 Å². The van der Waals surface area contributed by atoms with Crippen LogP contribution in [0.15, 0.2) is 16.7 Å². The van der Waals surface area contributed by atoms with Gasteiger partial charge in [0.25, 0.3) is 0 Å². The van der Waals surface area contributed by atoms with Gasteiger partial charge in [0, 0.05) is 0 Å². The largest absolute Gasteiger partial charge is 0.469 e. The van der Waals surface area contributed by atoms with E-state index in [9.17, 15) is 0 Å². The Labute approximate surface area is 55.7 Å². The van der Waals surface area contributed by atoms with Crippen molar-refractivity contribution in [3.8, 4) is 0 Å². The molecule has 0 aliphatic rings. The molecular formula is C8H11O. The Morgan fingerprint density at radius 3 is 2.89 bits per heavy atom. The summed E-state index contributed by atoms with van der Waals surface area (Å²) in [5.74, 6) is 1.04. The first-order valence-electron chi connectivity index (χ1n) is 3.15. The summed E-state index contributed by atoms with van der Waals surface area (Å²) < 4.78 is 5.10. The summed E-state index contributed by atoms with van der Waals surface area (Å²) in [6, 6.07) is 2.01. The minimum Gasteiger partial charge on any atom is -0.469 e. The van der Waals surface area contributed by atoms with Gasteiger partial charge in [0.15, 0.2) is 0 Å². The van der Waals surface area contributed by atoms with Crippen molar-refractivity contribution in [2.45, 2.75) is 20.3 Å². The number of hydrogen-bond acceptors (Lipinski definition) is 1. The maximum absolute atomic E-state index is 5.10. The van der Waals surface area contributed by atoms with Gasteiger partial charge in [-0.05, 0) is 31.4 Å². The Morgan fingerprint density at radius 2 is 2.44 bits per heavy atom. The lowest BCUT2D eigenvalue weighted by Crippen LogP contribution is -1.80. The molecule has 0 saturated heterocycles. The highest BCUT2D eigenvalue weighted by atomic mass is 16.3. The van der Waals surface area contributed by atoms with E-state index in [2.05, 4.69) is 6.42 Å². The first-order valence-corrected chi connectivity index (χ1v) is 3.15. The van der Waals surface area contributed by atoms with Gasteiger partial charge in [0.1, 0.15) is 5.76 Å². The lowest BCUT2D eigenvalue weighted by molar-refractivity contribution is 0.530. The Morgan fingerprint density at radius 1 is 1.67 bits per heavy atom. The highest BCUT2D eigenvalue weighted by Crippen LogP contribution is 2.09. The van der Waals surface area contributed by atoms with Crippen LogP contribution in [-0.4, -0.2) is 0 Å². The van der Waals surface area contributed by atoms with E-state index < -0.39 is 0 Å². The zero-order chi connectivity index (χ0) is 6.69. The second-order valence-corrected chi connectivity index (χ2v) is 2.11. The van der Waals surface area contributed by atoms with Crippen molar-refractivity contribution < 1.29 is 4.42 Å². The highest BCUT2D eigenvalue weighted by molar-refractivity contribution is 5.16. The van der Waals surface area contributed by atoms with E-state index in [4.69, 9.17) is 4.42 Å². The Hall–Kier alpha value is -0.720. The first kappa shape index (κ1) is 6.40. The molecule has 0 aliphatic carbocycles. The van der Waals surface area contributed by atoms with Gasteiger partial charge in [-0.25, -0.2) is 0 Å². The Balaban J connectivity index is 2.69. The lowest BCUT2D eigenvalue weighted by atomic mass is 10.1. The van der Waals surface area contributed by atoms with Crippen molar-refractivity contribution in [3.05, 3.63) is 30.1 Å². The van der Waals surface area contributed by atoms with Crippen LogP contribution in [0.3, 0.4) is 0 Å². The molecule has 9 heavy (non-hydrogen) atoms. The summed E-state index contributed by atoms with van der Waals surface area (Å²) in [4.78, 5) is 0. The Kier molecular flexibility index (Phi) is 1.93. The molecule has 49 valence electrons. The molecule has 1 aromatic rings. The molecule has 0 N–H and O–H groups in total. The normalized spacial score (nSPS) is 10.0. The van der Waals surface area contributed by atoms with Gasteiger partial charge in [-0.3, -0.25) is 0 Å². The average molecular weight is 123 g/mol. The topological polar surface area (TPSA) is 13.1 Å². The van der Waals surface area contributed by atoms with Gasteiger partial charge in [-0.15, -0.1) is 0 Å². The third kappa shape index (κ3) is 1.35. The summed E-state index contributed by atoms with van der Waals surface area (Å²) in [7, 11) is 0. The summed E-state index contributed by atoms with van der Waals surface area (Å²) in [5.41, 5.74) is 1.29. The molecule has 0 bridgehead atoms. The van der Waals surface area contributed by atoms with Crippen LogP contribution in [0, 0.1) is 13.3 Å². The Bertz CT molecular complexity index is 176. The molecule has 1 aromatic heterocycles. The van der Waals surface area contributed by atoms with Crippen LogP contribution < -0.4 is 0 Å².